The van der Waals surface area contributed by atoms with E-state index in [0.717, 1.165) is 12.8 Å². The van der Waals surface area contributed by atoms with Crippen molar-refractivity contribution in [3.8, 4) is 0 Å². The first kappa shape index (κ1) is 15.5. The van der Waals surface area contributed by atoms with Crippen LogP contribution in [0.5, 0.6) is 0 Å². The first-order valence-corrected chi connectivity index (χ1v) is 7.26. The van der Waals surface area contributed by atoms with Crippen molar-refractivity contribution in [1.29, 1.82) is 0 Å². The molecule has 7 heteroatoms. The lowest BCUT2D eigenvalue weighted by atomic mass is 10.4. The predicted molar refractivity (Wildman–Crippen MR) is 81.3 cm³/mol. The Morgan fingerprint density at radius 1 is 1.48 bits per heavy atom. The molecule has 0 aromatic carbocycles. The second-order valence-corrected chi connectivity index (χ2v) is 5.11. The number of anilines is 2. The zero-order chi connectivity index (χ0) is 15.2. The Labute approximate surface area is 125 Å². The van der Waals surface area contributed by atoms with Gasteiger partial charge >= 0.3 is 0 Å². The second kappa shape index (κ2) is 7.21. The summed E-state index contributed by atoms with van der Waals surface area (Å²) in [6, 6.07) is 2.19. The normalized spacial score (nSPS) is 13.9. The van der Waals surface area contributed by atoms with E-state index >= 15 is 0 Å². The number of hydrogen-bond acceptors (Lipinski definition) is 6. The van der Waals surface area contributed by atoms with Crippen molar-refractivity contribution in [3.05, 3.63) is 11.9 Å². The average Bonchev–Trinajstić information content (AvgIpc) is 3.28. The van der Waals surface area contributed by atoms with Gasteiger partial charge in [0, 0.05) is 32.8 Å². The number of ether oxygens (including phenoxy) is 1. The topological polar surface area (TPSA) is 79.4 Å². The first-order chi connectivity index (χ1) is 10.1. The van der Waals surface area contributed by atoms with E-state index in [1.54, 1.807) is 7.05 Å². The minimum Gasteiger partial charge on any atom is -0.374 e. The maximum Gasteiger partial charge on any atom is 0.239 e. The summed E-state index contributed by atoms with van der Waals surface area (Å²) in [5.74, 6) is 2.04. The fourth-order valence-corrected chi connectivity index (χ4v) is 1.86. The summed E-state index contributed by atoms with van der Waals surface area (Å²) in [6.07, 6.45) is 2.18. The number of likely N-dealkylation sites (N-methyl/N-ethyl adjacent to an activating group) is 1. The summed E-state index contributed by atoms with van der Waals surface area (Å²) >= 11 is 0. The summed E-state index contributed by atoms with van der Waals surface area (Å²) in [6.45, 7) is 3.19. The Bertz CT molecular complexity index is 490. The van der Waals surface area contributed by atoms with E-state index in [4.69, 9.17) is 4.74 Å². The molecule has 0 aliphatic heterocycles. The number of aromatic nitrogens is 2. The van der Waals surface area contributed by atoms with Crippen LogP contribution in [-0.4, -0.2) is 49.2 Å². The van der Waals surface area contributed by atoms with Gasteiger partial charge in [0.1, 0.15) is 18.2 Å². The summed E-state index contributed by atoms with van der Waals surface area (Å²) in [5.41, 5.74) is 0. The van der Waals surface area contributed by atoms with Crippen molar-refractivity contribution < 1.29 is 9.53 Å². The molecular weight excluding hydrogens is 270 g/mol. The molecular formula is C14H23N5O2. The molecule has 0 bridgehead atoms. The van der Waals surface area contributed by atoms with Gasteiger partial charge in [-0.3, -0.25) is 4.79 Å². The van der Waals surface area contributed by atoms with Gasteiger partial charge in [0.25, 0.3) is 0 Å². The fraction of sp³-hybridized carbons (Fsp3) is 0.643. The molecule has 1 aromatic heterocycles. The van der Waals surface area contributed by atoms with E-state index in [2.05, 4.69) is 20.6 Å². The van der Waals surface area contributed by atoms with Crippen LogP contribution in [0.3, 0.4) is 0 Å². The Morgan fingerprint density at radius 2 is 2.24 bits per heavy atom. The average molecular weight is 293 g/mol. The Kier molecular flexibility index (Phi) is 5.32. The number of amides is 1. The highest BCUT2D eigenvalue weighted by Crippen LogP contribution is 2.19. The molecule has 7 nitrogen and oxygen atoms in total. The van der Waals surface area contributed by atoms with Crippen molar-refractivity contribution in [2.24, 2.45) is 0 Å². The van der Waals surface area contributed by atoms with Gasteiger partial charge in [-0.05, 0) is 19.8 Å². The lowest BCUT2D eigenvalue weighted by Crippen LogP contribution is -2.36. The van der Waals surface area contributed by atoms with E-state index in [-0.39, 0.29) is 12.5 Å². The fourth-order valence-electron chi connectivity index (χ4n) is 1.86. The minimum atomic E-state index is 0.0241. The number of carbonyl (C=O) groups is 1. The zero-order valence-electron chi connectivity index (χ0n) is 12.8. The molecule has 2 rings (SSSR count). The number of hydrogen-bond donors (Lipinski definition) is 2. The molecule has 0 unspecified atom stereocenters. The lowest BCUT2D eigenvalue weighted by Gasteiger charge is -2.19. The van der Waals surface area contributed by atoms with Gasteiger partial charge in [0.15, 0.2) is 5.82 Å². The highest BCUT2D eigenvalue weighted by atomic mass is 16.5. The van der Waals surface area contributed by atoms with Gasteiger partial charge < -0.3 is 20.3 Å². The van der Waals surface area contributed by atoms with Gasteiger partial charge in [0.2, 0.25) is 5.91 Å². The molecule has 21 heavy (non-hydrogen) atoms. The molecule has 116 valence electrons. The molecule has 1 amide bonds. The third kappa shape index (κ3) is 4.86. The highest BCUT2D eigenvalue weighted by Gasteiger charge is 2.23. The zero-order valence-corrected chi connectivity index (χ0v) is 12.8. The number of nitrogens with one attached hydrogen (secondary N) is 2. The Morgan fingerprint density at radius 3 is 2.86 bits per heavy atom. The molecule has 1 aromatic rings. The van der Waals surface area contributed by atoms with Crippen molar-refractivity contribution in [2.75, 3.05) is 37.5 Å². The van der Waals surface area contributed by atoms with Gasteiger partial charge in [-0.2, -0.15) is 0 Å². The van der Waals surface area contributed by atoms with Crippen LogP contribution in [0.2, 0.25) is 0 Å². The smallest absolute Gasteiger partial charge is 0.239 e. The van der Waals surface area contributed by atoms with E-state index in [1.807, 2.05) is 24.9 Å². The number of nitrogens with zero attached hydrogens (tertiary/aromatic N) is 3. The molecule has 1 heterocycles. The van der Waals surface area contributed by atoms with Crippen LogP contribution in [0.4, 0.5) is 11.6 Å². The summed E-state index contributed by atoms with van der Waals surface area (Å²) in [4.78, 5) is 22.4. The third-order valence-electron chi connectivity index (χ3n) is 3.16. The standard InChI is InChI=1S/C14H23N5O2/c1-4-21-9-12-17-11(15-2)7-13(18-12)19(3)8-14(20)16-10-5-6-10/h7,10H,4-6,8-9H2,1-3H3,(H,16,20)(H,15,17,18). The van der Waals surface area contributed by atoms with Crippen molar-refractivity contribution in [1.82, 2.24) is 15.3 Å². The number of rotatable bonds is 8. The molecule has 1 saturated carbocycles. The van der Waals surface area contributed by atoms with Crippen LogP contribution in [0.15, 0.2) is 6.07 Å². The molecule has 2 N–H and O–H groups in total. The summed E-state index contributed by atoms with van der Waals surface area (Å²) in [5, 5.41) is 5.97. The van der Waals surface area contributed by atoms with Gasteiger partial charge in [-0.15, -0.1) is 0 Å². The van der Waals surface area contributed by atoms with E-state index in [1.165, 1.54) is 0 Å². The lowest BCUT2D eigenvalue weighted by molar-refractivity contribution is -0.119. The molecule has 1 fully saturated rings. The van der Waals surface area contributed by atoms with Gasteiger partial charge in [-0.25, -0.2) is 9.97 Å². The first-order valence-electron chi connectivity index (χ1n) is 7.26. The Balaban J connectivity index is 2.02. The largest absolute Gasteiger partial charge is 0.374 e. The van der Waals surface area contributed by atoms with Crippen LogP contribution >= 0.6 is 0 Å². The third-order valence-corrected chi connectivity index (χ3v) is 3.16. The van der Waals surface area contributed by atoms with Crippen LogP contribution in [0.25, 0.3) is 0 Å². The van der Waals surface area contributed by atoms with Gasteiger partial charge in [-0.1, -0.05) is 0 Å². The van der Waals surface area contributed by atoms with E-state index in [0.29, 0.717) is 36.7 Å². The molecule has 1 aliphatic rings. The summed E-state index contributed by atoms with van der Waals surface area (Å²) < 4.78 is 5.35. The molecule has 0 radical (unpaired) electrons. The maximum absolute atomic E-state index is 11.9. The van der Waals surface area contributed by atoms with Crippen LogP contribution in [0, 0.1) is 0 Å². The monoisotopic (exact) mass is 293 g/mol. The molecule has 0 atom stereocenters. The molecule has 1 aliphatic carbocycles. The Hall–Kier alpha value is -1.89. The van der Waals surface area contributed by atoms with Crippen molar-refractivity contribution in [2.45, 2.75) is 32.4 Å². The van der Waals surface area contributed by atoms with Gasteiger partial charge in [0.05, 0.1) is 6.54 Å². The SMILES string of the molecule is CCOCc1nc(NC)cc(N(C)CC(=O)NC2CC2)n1. The van der Waals surface area contributed by atoms with Crippen molar-refractivity contribution in [3.63, 3.8) is 0 Å². The minimum absolute atomic E-state index is 0.0241. The highest BCUT2D eigenvalue weighted by molar-refractivity contribution is 5.81. The van der Waals surface area contributed by atoms with E-state index < -0.39 is 0 Å². The molecule has 0 saturated heterocycles. The van der Waals surface area contributed by atoms with Crippen LogP contribution in [0.1, 0.15) is 25.6 Å². The van der Waals surface area contributed by atoms with Crippen LogP contribution < -0.4 is 15.5 Å². The second-order valence-electron chi connectivity index (χ2n) is 5.11. The molecule has 0 spiro atoms. The summed E-state index contributed by atoms with van der Waals surface area (Å²) in [7, 11) is 3.65. The predicted octanol–water partition coefficient (Wildman–Crippen LogP) is 0.770. The van der Waals surface area contributed by atoms with Crippen molar-refractivity contribution >= 4 is 17.5 Å². The maximum atomic E-state index is 11.9. The van der Waals surface area contributed by atoms with Crippen LogP contribution in [-0.2, 0) is 16.1 Å². The number of carbonyl (C=O) groups excluding carboxylic acids is 1. The van der Waals surface area contributed by atoms with E-state index in [9.17, 15) is 4.79 Å². The quantitative estimate of drug-likeness (QED) is 0.737.